The number of azo groups is 1. The van der Waals surface area contributed by atoms with E-state index in [-0.39, 0.29) is 16.3 Å². The molecule has 8 nitrogen and oxygen atoms in total. The average molecular weight is 407 g/mol. The molecule has 1 aliphatic heterocycles. The summed E-state index contributed by atoms with van der Waals surface area (Å²) < 4.78 is 23.3. The molecule has 0 aromatic heterocycles. The maximum absolute atomic E-state index is 12.6. The molecule has 0 radical (unpaired) electrons. The van der Waals surface area contributed by atoms with Crippen molar-refractivity contribution >= 4 is 44.4 Å². The number of anilines is 1. The number of sulfone groups is 1. The van der Waals surface area contributed by atoms with E-state index >= 15 is 0 Å². The van der Waals surface area contributed by atoms with Crippen LogP contribution in [0.15, 0.2) is 62.7 Å². The highest BCUT2D eigenvalue weighted by molar-refractivity contribution is 7.90. The lowest BCUT2D eigenvalue weighted by molar-refractivity contribution is -0.117. The first-order valence-corrected chi connectivity index (χ1v) is 10.0. The van der Waals surface area contributed by atoms with Gasteiger partial charge in [-0.15, -0.1) is 0 Å². The van der Waals surface area contributed by atoms with Gasteiger partial charge in [0.15, 0.2) is 15.9 Å². The molecule has 0 saturated carbocycles. The van der Waals surface area contributed by atoms with E-state index in [1.807, 2.05) is 0 Å². The quantitative estimate of drug-likeness (QED) is 0.784. The van der Waals surface area contributed by atoms with Gasteiger partial charge in [0.05, 0.1) is 16.3 Å². The Kier molecular flexibility index (Phi) is 4.99. The molecule has 1 amide bonds. The smallest absolute Gasteiger partial charge is 0.280 e. The first-order valence-electron chi connectivity index (χ1n) is 7.75. The number of aromatic hydroxyl groups is 1. The minimum Gasteiger partial charge on any atom is -0.506 e. The van der Waals surface area contributed by atoms with Crippen molar-refractivity contribution in [3.05, 3.63) is 47.5 Å². The van der Waals surface area contributed by atoms with E-state index in [0.29, 0.717) is 16.4 Å². The van der Waals surface area contributed by atoms with Crippen molar-refractivity contribution < 1.29 is 18.3 Å². The van der Waals surface area contributed by atoms with Crippen LogP contribution in [0.25, 0.3) is 0 Å². The Hall–Kier alpha value is -2.78. The lowest BCUT2D eigenvalue weighted by Gasteiger charge is -2.12. The number of carbonyl (C=O) groups is 1. The fourth-order valence-electron chi connectivity index (χ4n) is 2.42. The van der Waals surface area contributed by atoms with Gasteiger partial charge in [-0.05, 0) is 43.3 Å². The van der Waals surface area contributed by atoms with Gasteiger partial charge in [0.25, 0.3) is 5.91 Å². The standard InChI is InChI=1S/C17H15ClN4O4S/c1-10-16(17(24)22(21-10)12-5-3-4-11(18)8-12)20-19-14-9-13(27(2,25)26)6-7-15(14)23/h3-9,16,23H,1-2H3/t16-/m1/s1. The van der Waals surface area contributed by atoms with Crippen LogP contribution in [0, 0.1) is 0 Å². The summed E-state index contributed by atoms with van der Waals surface area (Å²) in [4.78, 5) is 12.6. The van der Waals surface area contributed by atoms with Crippen molar-refractivity contribution in [3.63, 3.8) is 0 Å². The molecule has 0 unspecified atom stereocenters. The fraction of sp³-hybridized carbons (Fsp3) is 0.176. The summed E-state index contributed by atoms with van der Waals surface area (Å²) in [7, 11) is -3.47. The topological polar surface area (TPSA) is 112 Å². The molecule has 140 valence electrons. The molecule has 1 N–H and O–H groups in total. The van der Waals surface area contributed by atoms with Crippen LogP contribution in [-0.4, -0.2) is 37.4 Å². The lowest BCUT2D eigenvalue weighted by Crippen LogP contribution is -2.29. The molecule has 1 aliphatic rings. The molecule has 0 saturated heterocycles. The average Bonchev–Trinajstić information content (AvgIpc) is 2.87. The molecule has 27 heavy (non-hydrogen) atoms. The summed E-state index contributed by atoms with van der Waals surface area (Å²) in [6.07, 6.45) is 1.04. The van der Waals surface area contributed by atoms with Gasteiger partial charge in [0.1, 0.15) is 11.4 Å². The van der Waals surface area contributed by atoms with Gasteiger partial charge in [0.2, 0.25) is 0 Å². The molecule has 10 heteroatoms. The van der Waals surface area contributed by atoms with Gasteiger partial charge in [-0.3, -0.25) is 4.79 Å². The predicted octanol–water partition coefficient (Wildman–Crippen LogP) is 3.32. The Morgan fingerprint density at radius 2 is 1.96 bits per heavy atom. The van der Waals surface area contributed by atoms with Crippen LogP contribution < -0.4 is 5.01 Å². The number of hydrazone groups is 1. The summed E-state index contributed by atoms with van der Waals surface area (Å²) in [6.45, 7) is 1.62. The highest BCUT2D eigenvalue weighted by Gasteiger charge is 2.34. The number of amides is 1. The second kappa shape index (κ2) is 7.09. The first kappa shape index (κ1) is 19.0. The number of nitrogens with zero attached hydrogens (tertiary/aromatic N) is 4. The van der Waals surface area contributed by atoms with Gasteiger partial charge in [-0.2, -0.15) is 20.3 Å². The summed E-state index contributed by atoms with van der Waals surface area (Å²) in [5, 5.41) is 23.5. The number of phenolic OH excluding ortho intramolecular Hbond substituents is 1. The van der Waals surface area contributed by atoms with Crippen LogP contribution in [0.4, 0.5) is 11.4 Å². The zero-order valence-electron chi connectivity index (χ0n) is 14.4. The largest absolute Gasteiger partial charge is 0.506 e. The molecular weight excluding hydrogens is 392 g/mol. The third kappa shape index (κ3) is 3.99. The van der Waals surface area contributed by atoms with Gasteiger partial charge < -0.3 is 5.11 Å². The van der Waals surface area contributed by atoms with E-state index < -0.39 is 21.8 Å². The second-order valence-corrected chi connectivity index (χ2v) is 8.36. The molecule has 1 heterocycles. The molecule has 2 aromatic rings. The minimum atomic E-state index is -3.47. The maximum Gasteiger partial charge on any atom is 0.280 e. The fourth-order valence-corrected chi connectivity index (χ4v) is 3.24. The van der Waals surface area contributed by atoms with Gasteiger partial charge in [0, 0.05) is 11.3 Å². The summed E-state index contributed by atoms with van der Waals surface area (Å²) >= 11 is 5.95. The molecule has 1 atom stereocenters. The van der Waals surface area contributed by atoms with E-state index in [1.54, 1.807) is 31.2 Å². The van der Waals surface area contributed by atoms with Crippen LogP contribution in [0.3, 0.4) is 0 Å². The van der Waals surface area contributed by atoms with Crippen molar-refractivity contribution in [2.24, 2.45) is 15.3 Å². The number of halogens is 1. The van der Waals surface area contributed by atoms with Gasteiger partial charge in [-0.1, -0.05) is 17.7 Å². The Morgan fingerprint density at radius 3 is 2.63 bits per heavy atom. The van der Waals surface area contributed by atoms with Crippen molar-refractivity contribution in [1.82, 2.24) is 0 Å². The second-order valence-electron chi connectivity index (χ2n) is 5.91. The van der Waals surface area contributed by atoms with Crippen LogP contribution in [0.5, 0.6) is 5.75 Å². The monoisotopic (exact) mass is 406 g/mol. The van der Waals surface area contributed by atoms with Crippen LogP contribution >= 0.6 is 11.6 Å². The predicted molar refractivity (Wildman–Crippen MR) is 102 cm³/mol. The SMILES string of the molecule is CC1=NN(c2cccc(Cl)c2)C(=O)[C@@H]1N=Nc1cc(S(C)(=O)=O)ccc1O. The van der Waals surface area contributed by atoms with E-state index in [0.717, 1.165) is 6.26 Å². The molecule has 0 aliphatic carbocycles. The molecule has 2 aromatic carbocycles. The number of rotatable bonds is 4. The molecule has 0 bridgehead atoms. The summed E-state index contributed by atoms with van der Waals surface area (Å²) in [5.74, 6) is -0.685. The summed E-state index contributed by atoms with van der Waals surface area (Å²) in [5.41, 5.74) is 0.841. The highest BCUT2D eigenvalue weighted by Crippen LogP contribution is 2.31. The minimum absolute atomic E-state index is 0.0158. The van der Waals surface area contributed by atoms with Gasteiger partial charge >= 0.3 is 0 Å². The number of hydrogen-bond acceptors (Lipinski definition) is 7. The van der Waals surface area contributed by atoms with E-state index in [2.05, 4.69) is 15.3 Å². The normalized spacial score (nSPS) is 17.6. The molecular formula is C17H15ClN4O4S. The Bertz CT molecular complexity index is 1080. The zero-order chi connectivity index (χ0) is 19.8. The van der Waals surface area contributed by atoms with E-state index in [4.69, 9.17) is 11.6 Å². The number of benzene rings is 2. The Balaban J connectivity index is 1.89. The summed E-state index contributed by atoms with van der Waals surface area (Å²) in [6, 6.07) is 9.33. The highest BCUT2D eigenvalue weighted by atomic mass is 35.5. The van der Waals surface area contributed by atoms with Crippen LogP contribution in [0.2, 0.25) is 5.02 Å². The zero-order valence-corrected chi connectivity index (χ0v) is 15.9. The van der Waals surface area contributed by atoms with Crippen molar-refractivity contribution in [1.29, 1.82) is 0 Å². The lowest BCUT2D eigenvalue weighted by atomic mass is 10.2. The number of carbonyl (C=O) groups excluding carboxylic acids is 1. The van der Waals surface area contributed by atoms with Crippen molar-refractivity contribution in [3.8, 4) is 5.75 Å². The third-order valence-corrected chi connectivity index (χ3v) is 5.15. The van der Waals surface area contributed by atoms with Crippen LogP contribution in [-0.2, 0) is 14.6 Å². The van der Waals surface area contributed by atoms with Gasteiger partial charge in [-0.25, -0.2) is 8.42 Å². The Morgan fingerprint density at radius 1 is 1.22 bits per heavy atom. The number of phenols is 1. The Labute approximate surface area is 160 Å². The molecule has 0 fully saturated rings. The van der Waals surface area contributed by atoms with Crippen LogP contribution in [0.1, 0.15) is 6.92 Å². The van der Waals surface area contributed by atoms with Crippen molar-refractivity contribution in [2.75, 3.05) is 11.3 Å². The number of hydrogen-bond donors (Lipinski definition) is 1. The van der Waals surface area contributed by atoms with E-state index in [1.165, 1.54) is 23.2 Å². The van der Waals surface area contributed by atoms with E-state index in [9.17, 15) is 18.3 Å². The van der Waals surface area contributed by atoms with Crippen molar-refractivity contribution in [2.45, 2.75) is 17.9 Å². The molecule has 3 rings (SSSR count). The first-order chi connectivity index (χ1) is 12.7. The molecule has 0 spiro atoms. The third-order valence-electron chi connectivity index (χ3n) is 3.80. The maximum atomic E-state index is 12.6.